The summed E-state index contributed by atoms with van der Waals surface area (Å²) in [6.45, 7) is 3.78. The molecule has 0 atom stereocenters. The van der Waals surface area contributed by atoms with Crippen molar-refractivity contribution in [2.75, 3.05) is 0 Å². The van der Waals surface area contributed by atoms with E-state index < -0.39 is 0 Å². The molecule has 0 aromatic heterocycles. The number of rotatable bonds is 0. The summed E-state index contributed by atoms with van der Waals surface area (Å²) in [5.74, 6) is 0.414. The van der Waals surface area contributed by atoms with Crippen LogP contribution >= 0.6 is 24.8 Å². The summed E-state index contributed by atoms with van der Waals surface area (Å²) in [5, 5.41) is 9.21. The molecule has 1 aromatic rings. The van der Waals surface area contributed by atoms with Gasteiger partial charge in [-0.05, 0) is 25.0 Å². The van der Waals surface area contributed by atoms with Crippen molar-refractivity contribution in [3.05, 3.63) is 29.3 Å². The van der Waals surface area contributed by atoms with Crippen LogP contribution in [0.4, 0.5) is 0 Å². The molecule has 12 heavy (non-hydrogen) atoms. The molecule has 0 fully saturated rings. The monoisotopic (exact) mass is 200 g/mol. The van der Waals surface area contributed by atoms with Crippen LogP contribution in [0.5, 0.6) is 5.75 Å². The van der Waals surface area contributed by atoms with E-state index in [0.717, 1.165) is 11.1 Å². The van der Waals surface area contributed by atoms with Gasteiger partial charge in [0.05, 0.1) is 0 Å². The van der Waals surface area contributed by atoms with Crippen LogP contribution in [-0.4, -0.2) is 9.81 Å². The summed E-state index contributed by atoms with van der Waals surface area (Å²) in [6.07, 6.45) is 0. The van der Waals surface area contributed by atoms with Crippen molar-refractivity contribution in [3.8, 4) is 5.75 Å². The molecule has 0 aliphatic heterocycles. The Morgan fingerprint density at radius 3 is 1.92 bits per heavy atom. The van der Waals surface area contributed by atoms with Gasteiger partial charge in [-0.25, -0.2) is 0 Å². The van der Waals surface area contributed by atoms with Gasteiger partial charge in [0.15, 0.2) is 0 Å². The third-order valence-electron chi connectivity index (χ3n) is 1.44. The number of phenols is 1. The van der Waals surface area contributed by atoms with Crippen LogP contribution in [0.3, 0.4) is 0 Å². The predicted octanol–water partition coefficient (Wildman–Crippen LogP) is 2.88. The molecule has 0 heterocycles. The second kappa shape index (κ2) is 6.03. The molecule has 0 amide bonds. The summed E-state index contributed by atoms with van der Waals surface area (Å²) in [5.41, 5.74) is 1.88. The Bertz CT molecular complexity index is 238. The average Bonchev–Trinajstić information content (AvgIpc) is 2.02. The summed E-state index contributed by atoms with van der Waals surface area (Å²) in [4.78, 5) is 0. The first kappa shape index (κ1) is 11.5. The van der Waals surface area contributed by atoms with E-state index in [0.29, 0.717) is 5.75 Å². The van der Waals surface area contributed by atoms with Gasteiger partial charge >= 0.3 is 0 Å². The van der Waals surface area contributed by atoms with Crippen LogP contribution < -0.4 is 0 Å². The lowest BCUT2D eigenvalue weighted by molar-refractivity contribution is 0.467. The highest BCUT2D eigenvalue weighted by Gasteiger charge is 1.95. The number of hydrogen-bond acceptors (Lipinski definition) is 2. The van der Waals surface area contributed by atoms with E-state index in [1.54, 1.807) is 0 Å². The molecule has 0 spiro atoms. The number of thiocarbonyl (C=S) groups is 1. The van der Waals surface area contributed by atoms with Gasteiger partial charge < -0.3 is 5.11 Å². The van der Waals surface area contributed by atoms with E-state index in [1.165, 1.54) is 4.70 Å². The molecule has 1 nitrogen and oxygen atoms in total. The first-order valence-corrected chi connectivity index (χ1v) is 4.45. The second-order valence-corrected chi connectivity index (χ2v) is 3.19. The molecule has 0 aliphatic carbocycles. The SMILES string of the molecule is Cc1cccc(C)c1O.S=CS. The van der Waals surface area contributed by atoms with E-state index in [9.17, 15) is 5.11 Å². The topological polar surface area (TPSA) is 20.2 Å². The Labute approximate surface area is 83.8 Å². The maximum Gasteiger partial charge on any atom is 0.121 e. The van der Waals surface area contributed by atoms with Crippen molar-refractivity contribution in [1.29, 1.82) is 0 Å². The van der Waals surface area contributed by atoms with Gasteiger partial charge in [-0.3, -0.25) is 0 Å². The average molecular weight is 200 g/mol. The first-order chi connectivity index (χ1) is 5.63. The lowest BCUT2D eigenvalue weighted by Gasteiger charge is -1.99. The predicted molar refractivity (Wildman–Crippen MR) is 60.2 cm³/mol. The van der Waals surface area contributed by atoms with Crippen LogP contribution in [0, 0.1) is 13.8 Å². The van der Waals surface area contributed by atoms with Gasteiger partial charge in [0.25, 0.3) is 0 Å². The van der Waals surface area contributed by atoms with Gasteiger partial charge in [0.1, 0.15) is 5.75 Å². The summed E-state index contributed by atoms with van der Waals surface area (Å²) in [6, 6.07) is 5.72. The molecule has 0 radical (unpaired) electrons. The van der Waals surface area contributed by atoms with Gasteiger partial charge in [-0.15, -0.1) is 12.6 Å². The quantitative estimate of drug-likeness (QED) is 0.496. The van der Waals surface area contributed by atoms with Gasteiger partial charge in [-0.2, -0.15) is 0 Å². The van der Waals surface area contributed by atoms with Crippen LogP contribution in [0.25, 0.3) is 0 Å². The molecule has 0 bridgehead atoms. The maximum absolute atomic E-state index is 9.21. The third-order valence-corrected chi connectivity index (χ3v) is 1.44. The minimum Gasteiger partial charge on any atom is -0.507 e. The Kier molecular flexibility index (Phi) is 5.76. The summed E-state index contributed by atoms with van der Waals surface area (Å²) in [7, 11) is 0. The molecule has 1 N–H and O–H groups in total. The standard InChI is InChI=1S/C8H10O.CH2S2/c1-6-4-3-5-7(2)8(6)9;2-1-3/h3-5,9H,1-2H3;1H,(H,2,3). The fourth-order valence-electron chi connectivity index (χ4n) is 0.806. The van der Waals surface area contributed by atoms with Crippen molar-refractivity contribution < 1.29 is 5.11 Å². The number of para-hydroxylation sites is 1. The number of phenolic OH excluding ortho intramolecular Hbond substituents is 1. The Hall–Kier alpha value is -0.540. The lowest BCUT2D eigenvalue weighted by atomic mass is 10.1. The molecule has 1 aromatic carbocycles. The fourth-order valence-corrected chi connectivity index (χ4v) is 0.806. The molecular weight excluding hydrogens is 188 g/mol. The van der Waals surface area contributed by atoms with E-state index in [2.05, 4.69) is 24.8 Å². The fraction of sp³-hybridized carbons (Fsp3) is 0.222. The number of aromatic hydroxyl groups is 1. The van der Waals surface area contributed by atoms with Crippen molar-refractivity contribution in [2.45, 2.75) is 13.8 Å². The number of aryl methyl sites for hydroxylation is 2. The number of benzene rings is 1. The van der Waals surface area contributed by atoms with Gasteiger partial charge in [0, 0.05) is 4.70 Å². The zero-order chi connectivity index (χ0) is 9.56. The smallest absolute Gasteiger partial charge is 0.121 e. The third kappa shape index (κ3) is 3.74. The van der Waals surface area contributed by atoms with Crippen molar-refractivity contribution >= 4 is 29.5 Å². The zero-order valence-corrected chi connectivity index (χ0v) is 8.82. The van der Waals surface area contributed by atoms with Crippen LogP contribution in [0.15, 0.2) is 18.2 Å². The zero-order valence-electron chi connectivity index (χ0n) is 7.11. The normalized spacial score (nSPS) is 8.25. The van der Waals surface area contributed by atoms with Crippen LogP contribution in [0.2, 0.25) is 0 Å². The molecule has 0 saturated carbocycles. The number of hydrogen-bond donors (Lipinski definition) is 2. The molecule has 3 heteroatoms. The minimum absolute atomic E-state index is 0.414. The Balaban J connectivity index is 0.000000354. The molecule has 0 aliphatic rings. The van der Waals surface area contributed by atoms with E-state index in [4.69, 9.17) is 0 Å². The number of thiol groups is 1. The Morgan fingerprint density at radius 2 is 1.67 bits per heavy atom. The summed E-state index contributed by atoms with van der Waals surface area (Å²) < 4.78 is 1.28. The largest absolute Gasteiger partial charge is 0.507 e. The molecule has 0 unspecified atom stereocenters. The minimum atomic E-state index is 0.414. The van der Waals surface area contributed by atoms with Crippen molar-refractivity contribution in [2.24, 2.45) is 0 Å². The van der Waals surface area contributed by atoms with E-state index in [1.807, 2.05) is 32.0 Å². The van der Waals surface area contributed by atoms with Crippen LogP contribution in [0.1, 0.15) is 11.1 Å². The van der Waals surface area contributed by atoms with E-state index in [-0.39, 0.29) is 0 Å². The van der Waals surface area contributed by atoms with Crippen molar-refractivity contribution in [1.82, 2.24) is 0 Å². The van der Waals surface area contributed by atoms with Crippen molar-refractivity contribution in [3.63, 3.8) is 0 Å². The first-order valence-electron chi connectivity index (χ1n) is 3.46. The maximum atomic E-state index is 9.21. The molecular formula is C9H12OS2. The van der Waals surface area contributed by atoms with Gasteiger partial charge in [0.2, 0.25) is 0 Å². The highest BCUT2D eigenvalue weighted by molar-refractivity contribution is 8.08. The lowest BCUT2D eigenvalue weighted by Crippen LogP contribution is -1.76. The summed E-state index contributed by atoms with van der Waals surface area (Å²) >= 11 is 7.61. The van der Waals surface area contributed by atoms with Crippen LogP contribution in [-0.2, 0) is 0 Å². The molecule has 0 saturated heterocycles. The van der Waals surface area contributed by atoms with E-state index >= 15 is 0 Å². The highest BCUT2D eigenvalue weighted by Crippen LogP contribution is 2.19. The highest BCUT2D eigenvalue weighted by atomic mass is 32.1. The molecule has 66 valence electrons. The Morgan fingerprint density at radius 1 is 1.33 bits per heavy atom. The molecule has 1 rings (SSSR count). The second-order valence-electron chi connectivity index (χ2n) is 2.35. The van der Waals surface area contributed by atoms with Gasteiger partial charge in [-0.1, -0.05) is 30.4 Å².